The lowest BCUT2D eigenvalue weighted by Gasteiger charge is -2.22. The van der Waals surface area contributed by atoms with Crippen molar-refractivity contribution in [1.29, 1.82) is 0 Å². The average molecular weight is 393 g/mol. The summed E-state index contributed by atoms with van der Waals surface area (Å²) in [6.45, 7) is 2.17. The molecule has 1 aromatic heterocycles. The minimum absolute atomic E-state index is 0.643. The number of nitrogens with zero attached hydrogens (tertiary/aromatic N) is 3. The van der Waals surface area contributed by atoms with E-state index in [0.29, 0.717) is 6.61 Å². The topological polar surface area (TPSA) is 41.8 Å². The monoisotopic (exact) mass is 392 g/mol. The number of hydrogen-bond donors (Lipinski definition) is 1. The first-order valence-corrected chi connectivity index (χ1v) is 8.62. The third-order valence-corrected chi connectivity index (χ3v) is 4.27. The average Bonchev–Trinajstić information content (AvgIpc) is 2.87. The molecule has 0 spiro atoms. The van der Waals surface area contributed by atoms with Crippen molar-refractivity contribution >= 4 is 21.9 Å². The number of aryl methyl sites for hydroxylation is 1. The molecule has 6 heteroatoms. The van der Waals surface area contributed by atoms with Gasteiger partial charge in [-0.25, -0.2) is 0 Å². The summed E-state index contributed by atoms with van der Waals surface area (Å²) in [6.07, 6.45) is 2.06. The van der Waals surface area contributed by atoms with Gasteiger partial charge in [-0.3, -0.25) is 4.99 Å². The van der Waals surface area contributed by atoms with Gasteiger partial charge in [-0.2, -0.15) is 0 Å². The van der Waals surface area contributed by atoms with Gasteiger partial charge in [0.05, 0.1) is 13.2 Å². The molecule has 0 aliphatic rings. The van der Waals surface area contributed by atoms with Crippen molar-refractivity contribution in [2.24, 2.45) is 12.0 Å². The van der Waals surface area contributed by atoms with Crippen molar-refractivity contribution in [3.63, 3.8) is 0 Å². The quantitative estimate of drug-likeness (QED) is 0.606. The van der Waals surface area contributed by atoms with E-state index < -0.39 is 0 Å². The van der Waals surface area contributed by atoms with E-state index in [4.69, 9.17) is 4.74 Å². The van der Waals surface area contributed by atoms with E-state index in [2.05, 4.69) is 72.2 Å². The Morgan fingerprint density at radius 1 is 1.29 bits per heavy atom. The highest BCUT2D eigenvalue weighted by Gasteiger charge is 2.09. The molecule has 0 fully saturated rings. The van der Waals surface area contributed by atoms with Crippen molar-refractivity contribution < 1.29 is 4.74 Å². The number of aromatic nitrogens is 1. The normalized spacial score (nSPS) is 11.6. The Labute approximate surface area is 152 Å². The lowest BCUT2D eigenvalue weighted by molar-refractivity contribution is 0.185. The molecule has 0 atom stereocenters. The van der Waals surface area contributed by atoms with Crippen LogP contribution in [0.3, 0.4) is 0 Å². The Morgan fingerprint density at radius 2 is 1.96 bits per heavy atom. The van der Waals surface area contributed by atoms with E-state index in [0.717, 1.165) is 23.5 Å². The molecule has 130 valence electrons. The number of methoxy groups -OCH3 is 1. The largest absolute Gasteiger partial charge is 0.380 e. The zero-order valence-electron chi connectivity index (χ0n) is 14.7. The Kier molecular flexibility index (Phi) is 6.87. The van der Waals surface area contributed by atoms with E-state index in [1.807, 2.05) is 14.1 Å². The van der Waals surface area contributed by atoms with Gasteiger partial charge in [0.15, 0.2) is 5.96 Å². The molecule has 0 radical (unpaired) electrons. The van der Waals surface area contributed by atoms with Crippen LogP contribution in [0.2, 0.25) is 0 Å². The molecule has 0 aliphatic carbocycles. The van der Waals surface area contributed by atoms with Crippen LogP contribution in [0.15, 0.2) is 46.0 Å². The molecular weight excluding hydrogens is 368 g/mol. The van der Waals surface area contributed by atoms with Crippen LogP contribution in [-0.2, 0) is 31.5 Å². The highest BCUT2D eigenvalue weighted by molar-refractivity contribution is 9.10. The first-order valence-electron chi connectivity index (χ1n) is 7.82. The molecule has 0 aliphatic heterocycles. The van der Waals surface area contributed by atoms with Crippen molar-refractivity contribution in [1.82, 2.24) is 14.8 Å². The second-order valence-electron chi connectivity index (χ2n) is 5.77. The predicted octanol–water partition coefficient (Wildman–Crippen LogP) is 3.14. The van der Waals surface area contributed by atoms with Crippen molar-refractivity contribution in [2.75, 3.05) is 21.2 Å². The Morgan fingerprint density at radius 3 is 2.50 bits per heavy atom. The maximum Gasteiger partial charge on any atom is 0.194 e. The molecule has 0 saturated heterocycles. The molecule has 1 N–H and O–H groups in total. The fourth-order valence-corrected chi connectivity index (χ4v) is 3.10. The van der Waals surface area contributed by atoms with E-state index in [1.165, 1.54) is 16.8 Å². The Bertz CT molecular complexity index is 679. The minimum atomic E-state index is 0.643. The van der Waals surface area contributed by atoms with Gasteiger partial charge in [-0.15, -0.1) is 0 Å². The van der Waals surface area contributed by atoms with Crippen LogP contribution in [0.1, 0.15) is 16.8 Å². The van der Waals surface area contributed by atoms with Gasteiger partial charge in [0.2, 0.25) is 0 Å². The Balaban J connectivity index is 1.92. The number of hydrogen-bond acceptors (Lipinski definition) is 2. The molecule has 1 heterocycles. The number of benzene rings is 1. The molecule has 5 nitrogen and oxygen atoms in total. The fraction of sp³-hybridized carbons (Fsp3) is 0.389. The third kappa shape index (κ3) is 5.11. The van der Waals surface area contributed by atoms with Crippen molar-refractivity contribution in [2.45, 2.75) is 19.7 Å². The van der Waals surface area contributed by atoms with Gasteiger partial charge in [0, 0.05) is 51.2 Å². The second-order valence-corrected chi connectivity index (χ2v) is 6.68. The summed E-state index contributed by atoms with van der Waals surface area (Å²) in [5.41, 5.74) is 3.61. The van der Waals surface area contributed by atoms with Gasteiger partial charge in [0.25, 0.3) is 0 Å². The minimum Gasteiger partial charge on any atom is -0.380 e. The first-order chi connectivity index (χ1) is 11.5. The first kappa shape index (κ1) is 18.5. The smallest absolute Gasteiger partial charge is 0.194 e. The summed E-state index contributed by atoms with van der Waals surface area (Å²) in [6, 6.07) is 10.5. The number of ether oxygens (including phenoxy) is 1. The molecular formula is C18H25BrN4O. The van der Waals surface area contributed by atoms with Crippen LogP contribution < -0.4 is 5.32 Å². The molecule has 2 aromatic rings. The zero-order chi connectivity index (χ0) is 17.5. The molecule has 2 rings (SSSR count). The summed E-state index contributed by atoms with van der Waals surface area (Å²) in [5.74, 6) is 0.869. The Hall–Kier alpha value is -1.79. The maximum absolute atomic E-state index is 5.14. The van der Waals surface area contributed by atoms with Crippen molar-refractivity contribution in [3.05, 3.63) is 57.8 Å². The van der Waals surface area contributed by atoms with Gasteiger partial charge < -0.3 is 19.5 Å². The molecule has 0 unspecified atom stereocenters. The van der Waals surface area contributed by atoms with E-state index in [9.17, 15) is 0 Å². The van der Waals surface area contributed by atoms with Gasteiger partial charge in [-0.05, 0) is 33.1 Å². The van der Waals surface area contributed by atoms with Crippen molar-refractivity contribution in [3.8, 4) is 0 Å². The summed E-state index contributed by atoms with van der Waals surface area (Å²) in [7, 11) is 7.60. The van der Waals surface area contributed by atoms with Crippen LogP contribution >= 0.6 is 15.9 Å². The predicted molar refractivity (Wildman–Crippen MR) is 102 cm³/mol. The van der Waals surface area contributed by atoms with Crippen LogP contribution in [-0.4, -0.2) is 36.6 Å². The lowest BCUT2D eigenvalue weighted by Crippen LogP contribution is -2.38. The molecule has 1 aromatic carbocycles. The highest BCUT2D eigenvalue weighted by Crippen LogP contribution is 2.15. The van der Waals surface area contributed by atoms with Gasteiger partial charge in [-0.1, -0.05) is 24.3 Å². The van der Waals surface area contributed by atoms with E-state index in [-0.39, 0.29) is 0 Å². The summed E-state index contributed by atoms with van der Waals surface area (Å²) in [5, 5.41) is 3.41. The maximum atomic E-state index is 5.14. The number of guanidine groups is 1. The van der Waals surface area contributed by atoms with Crippen LogP contribution in [0.25, 0.3) is 0 Å². The number of halogens is 1. The van der Waals surface area contributed by atoms with E-state index >= 15 is 0 Å². The molecule has 0 saturated carbocycles. The zero-order valence-corrected chi connectivity index (χ0v) is 16.3. The molecule has 0 amide bonds. The number of aliphatic imine (C=N–C) groups is 1. The molecule has 24 heavy (non-hydrogen) atoms. The van der Waals surface area contributed by atoms with Gasteiger partial charge in [0.1, 0.15) is 0 Å². The lowest BCUT2D eigenvalue weighted by atomic mass is 10.1. The highest BCUT2D eigenvalue weighted by atomic mass is 79.9. The summed E-state index contributed by atoms with van der Waals surface area (Å²) in [4.78, 5) is 6.49. The fourth-order valence-electron chi connectivity index (χ4n) is 2.53. The standard InChI is InChI=1S/C18H25BrN4O/c1-20-18(23(3)12-17-9-16(19)11-22(17)2)21-10-14-5-7-15(8-6-14)13-24-4/h5-9,11H,10,12-13H2,1-4H3,(H,20,21). The number of nitrogens with one attached hydrogen (secondary N) is 1. The summed E-state index contributed by atoms with van der Waals surface area (Å²) >= 11 is 3.51. The van der Waals surface area contributed by atoms with Crippen LogP contribution in [0.5, 0.6) is 0 Å². The number of rotatable bonds is 6. The second kappa shape index (κ2) is 8.89. The SMILES string of the molecule is CN=C(NCc1ccc(COC)cc1)N(C)Cc1cc(Br)cn1C. The van der Waals surface area contributed by atoms with Crippen LogP contribution in [0, 0.1) is 0 Å². The molecule has 0 bridgehead atoms. The van der Waals surface area contributed by atoms with Crippen LogP contribution in [0.4, 0.5) is 0 Å². The van der Waals surface area contributed by atoms with E-state index in [1.54, 1.807) is 14.2 Å². The summed E-state index contributed by atoms with van der Waals surface area (Å²) < 4.78 is 8.34. The third-order valence-electron chi connectivity index (χ3n) is 3.83. The van der Waals surface area contributed by atoms with Gasteiger partial charge >= 0.3 is 0 Å².